The Bertz CT molecular complexity index is 515. The van der Waals surface area contributed by atoms with E-state index < -0.39 is 0 Å². The summed E-state index contributed by atoms with van der Waals surface area (Å²) in [6.45, 7) is 2.74. The van der Waals surface area contributed by atoms with Crippen LogP contribution in [0.5, 0.6) is 0 Å². The summed E-state index contributed by atoms with van der Waals surface area (Å²) < 4.78 is 1.04. The van der Waals surface area contributed by atoms with Gasteiger partial charge in [-0.2, -0.15) is 0 Å². The molecule has 0 aliphatic rings. The molecule has 0 bridgehead atoms. The van der Waals surface area contributed by atoms with Gasteiger partial charge in [0.15, 0.2) is 0 Å². The van der Waals surface area contributed by atoms with Crippen LogP contribution in [0.4, 0.5) is 5.82 Å². The first-order chi connectivity index (χ1) is 8.16. The molecular formula is C12H13IN4. The van der Waals surface area contributed by atoms with Gasteiger partial charge in [-0.15, -0.1) is 0 Å². The lowest BCUT2D eigenvalue weighted by Gasteiger charge is -2.18. The number of pyridine rings is 1. The number of aryl methyl sites for hydroxylation is 1. The Morgan fingerprint density at radius 2 is 2.18 bits per heavy atom. The third-order valence-electron chi connectivity index (χ3n) is 2.35. The van der Waals surface area contributed by atoms with Crippen molar-refractivity contribution in [1.29, 1.82) is 0 Å². The van der Waals surface area contributed by atoms with E-state index in [1.807, 2.05) is 38.4 Å². The third kappa shape index (κ3) is 3.12. The van der Waals surface area contributed by atoms with E-state index in [0.29, 0.717) is 0 Å². The van der Waals surface area contributed by atoms with Crippen molar-refractivity contribution in [2.75, 3.05) is 11.9 Å². The predicted octanol–water partition coefficient (Wildman–Crippen LogP) is 2.42. The first kappa shape index (κ1) is 12.2. The highest BCUT2D eigenvalue weighted by molar-refractivity contribution is 14.1. The monoisotopic (exact) mass is 340 g/mol. The summed E-state index contributed by atoms with van der Waals surface area (Å²) in [5.74, 6) is 0.934. The second-order valence-corrected chi connectivity index (χ2v) is 4.98. The lowest BCUT2D eigenvalue weighted by Crippen LogP contribution is -2.19. The molecule has 88 valence electrons. The molecule has 2 aromatic rings. The summed E-state index contributed by atoms with van der Waals surface area (Å²) >= 11 is 2.24. The van der Waals surface area contributed by atoms with Gasteiger partial charge in [0, 0.05) is 18.9 Å². The molecule has 0 aromatic carbocycles. The number of hydrogen-bond acceptors (Lipinski definition) is 4. The van der Waals surface area contributed by atoms with Crippen molar-refractivity contribution in [2.24, 2.45) is 0 Å². The van der Waals surface area contributed by atoms with Gasteiger partial charge in [0.2, 0.25) is 0 Å². The second-order valence-electron chi connectivity index (χ2n) is 3.82. The fraction of sp³-hybridized carbons (Fsp3) is 0.250. The van der Waals surface area contributed by atoms with Gasteiger partial charge >= 0.3 is 0 Å². The average Bonchev–Trinajstić information content (AvgIpc) is 2.29. The number of hydrogen-bond donors (Lipinski definition) is 0. The summed E-state index contributed by atoms with van der Waals surface area (Å²) in [7, 11) is 2.01. The summed E-state index contributed by atoms with van der Waals surface area (Å²) in [4.78, 5) is 14.8. The van der Waals surface area contributed by atoms with E-state index in [1.165, 1.54) is 0 Å². The van der Waals surface area contributed by atoms with Crippen LogP contribution in [-0.4, -0.2) is 22.0 Å². The van der Waals surface area contributed by atoms with Crippen molar-refractivity contribution in [2.45, 2.75) is 13.5 Å². The zero-order valence-corrected chi connectivity index (χ0v) is 11.9. The van der Waals surface area contributed by atoms with E-state index >= 15 is 0 Å². The number of aromatic nitrogens is 3. The number of anilines is 1. The Morgan fingerprint density at radius 3 is 2.88 bits per heavy atom. The van der Waals surface area contributed by atoms with Gasteiger partial charge in [0.1, 0.15) is 12.1 Å². The molecule has 0 saturated carbocycles. The van der Waals surface area contributed by atoms with Crippen LogP contribution in [0.25, 0.3) is 0 Å². The Hall–Kier alpha value is -1.24. The minimum Gasteiger partial charge on any atom is -0.353 e. The van der Waals surface area contributed by atoms with Crippen molar-refractivity contribution in [3.05, 3.63) is 45.7 Å². The van der Waals surface area contributed by atoms with Crippen LogP contribution in [0.1, 0.15) is 11.4 Å². The van der Waals surface area contributed by atoms with Crippen LogP contribution < -0.4 is 4.90 Å². The maximum Gasteiger partial charge on any atom is 0.145 e. The molecule has 2 aromatic heterocycles. The van der Waals surface area contributed by atoms with Gasteiger partial charge in [-0.25, -0.2) is 9.97 Å². The van der Waals surface area contributed by atoms with Crippen molar-refractivity contribution in [3.8, 4) is 0 Å². The molecule has 0 aliphatic carbocycles. The van der Waals surface area contributed by atoms with Crippen LogP contribution in [0.3, 0.4) is 0 Å². The number of nitrogens with zero attached hydrogens (tertiary/aromatic N) is 4. The van der Waals surface area contributed by atoms with E-state index in [1.54, 1.807) is 6.33 Å². The van der Waals surface area contributed by atoms with Gasteiger partial charge < -0.3 is 4.90 Å². The molecule has 17 heavy (non-hydrogen) atoms. The van der Waals surface area contributed by atoms with Gasteiger partial charge in [0.25, 0.3) is 0 Å². The zero-order valence-electron chi connectivity index (χ0n) is 9.76. The zero-order chi connectivity index (χ0) is 12.3. The molecule has 5 heteroatoms. The first-order valence-electron chi connectivity index (χ1n) is 5.26. The molecule has 0 aliphatic heterocycles. The fourth-order valence-electron chi connectivity index (χ4n) is 1.59. The van der Waals surface area contributed by atoms with Crippen molar-refractivity contribution >= 4 is 28.4 Å². The standard InChI is InChI=1S/C12H13IN4/c1-9-4-3-5-10(16-9)7-17(2)12-11(13)6-14-8-15-12/h3-6,8H,7H2,1-2H3. The molecule has 0 saturated heterocycles. The minimum atomic E-state index is 0.745. The summed E-state index contributed by atoms with van der Waals surface area (Å²) in [6, 6.07) is 6.05. The molecule has 2 heterocycles. The molecule has 0 unspecified atom stereocenters. The van der Waals surface area contributed by atoms with Crippen LogP contribution in [-0.2, 0) is 6.54 Å². The van der Waals surface area contributed by atoms with Gasteiger partial charge in [-0.1, -0.05) is 6.07 Å². The molecule has 0 amide bonds. The Kier molecular flexibility index (Phi) is 3.88. The van der Waals surface area contributed by atoms with Gasteiger partial charge in [-0.05, 0) is 41.6 Å². The lowest BCUT2D eigenvalue weighted by molar-refractivity contribution is 0.850. The van der Waals surface area contributed by atoms with E-state index in [4.69, 9.17) is 0 Å². The molecule has 0 fully saturated rings. The largest absolute Gasteiger partial charge is 0.353 e. The Balaban J connectivity index is 2.17. The minimum absolute atomic E-state index is 0.745. The highest BCUT2D eigenvalue weighted by atomic mass is 127. The first-order valence-corrected chi connectivity index (χ1v) is 6.34. The van der Waals surface area contributed by atoms with Crippen LogP contribution in [0.15, 0.2) is 30.7 Å². The average molecular weight is 340 g/mol. The molecule has 0 atom stereocenters. The molecule has 2 rings (SSSR count). The van der Waals surface area contributed by atoms with Gasteiger partial charge in [0.05, 0.1) is 15.8 Å². The van der Waals surface area contributed by atoms with Gasteiger partial charge in [-0.3, -0.25) is 4.98 Å². The fourth-order valence-corrected chi connectivity index (χ4v) is 2.30. The molecule has 0 spiro atoms. The summed E-state index contributed by atoms with van der Waals surface area (Å²) in [5, 5.41) is 0. The highest BCUT2D eigenvalue weighted by Crippen LogP contribution is 2.18. The van der Waals surface area contributed by atoms with Crippen LogP contribution >= 0.6 is 22.6 Å². The quantitative estimate of drug-likeness (QED) is 0.805. The smallest absolute Gasteiger partial charge is 0.145 e. The van der Waals surface area contributed by atoms with E-state index in [2.05, 4.69) is 42.4 Å². The van der Waals surface area contributed by atoms with E-state index in [-0.39, 0.29) is 0 Å². The molecule has 0 radical (unpaired) electrons. The third-order valence-corrected chi connectivity index (χ3v) is 3.12. The highest BCUT2D eigenvalue weighted by Gasteiger charge is 2.08. The summed E-state index contributed by atoms with van der Waals surface area (Å²) in [5.41, 5.74) is 2.08. The molecular weight excluding hydrogens is 327 g/mol. The number of halogens is 1. The van der Waals surface area contributed by atoms with Crippen LogP contribution in [0.2, 0.25) is 0 Å². The Morgan fingerprint density at radius 1 is 1.35 bits per heavy atom. The maximum atomic E-state index is 4.48. The van der Waals surface area contributed by atoms with E-state index in [9.17, 15) is 0 Å². The predicted molar refractivity (Wildman–Crippen MR) is 75.8 cm³/mol. The van der Waals surface area contributed by atoms with E-state index in [0.717, 1.165) is 27.3 Å². The van der Waals surface area contributed by atoms with Crippen molar-refractivity contribution < 1.29 is 0 Å². The van der Waals surface area contributed by atoms with Crippen LogP contribution in [0, 0.1) is 10.5 Å². The maximum absolute atomic E-state index is 4.48. The second kappa shape index (κ2) is 5.39. The SMILES string of the molecule is Cc1cccc(CN(C)c2ncncc2I)n1. The molecule has 4 nitrogen and oxygen atoms in total. The lowest BCUT2D eigenvalue weighted by atomic mass is 10.3. The van der Waals surface area contributed by atoms with Crippen molar-refractivity contribution in [1.82, 2.24) is 15.0 Å². The Labute approximate surface area is 114 Å². The normalized spacial score (nSPS) is 10.3. The number of rotatable bonds is 3. The summed E-state index contributed by atoms with van der Waals surface area (Å²) in [6.07, 6.45) is 3.38. The van der Waals surface area contributed by atoms with Crippen molar-refractivity contribution in [3.63, 3.8) is 0 Å². The topological polar surface area (TPSA) is 41.9 Å². The molecule has 0 N–H and O–H groups in total.